The number of aromatic hydroxyl groups is 1. The normalized spacial score (nSPS) is 18.5. The van der Waals surface area contributed by atoms with Crippen molar-refractivity contribution in [3.63, 3.8) is 0 Å². The molecular formula is C13H15NO3. The summed E-state index contributed by atoms with van der Waals surface area (Å²) in [6.07, 6.45) is 1.79. The number of phenolic OH excluding ortho intramolecular Hbond substituents is 1. The molecule has 4 heteroatoms. The van der Waals surface area contributed by atoms with E-state index in [1.807, 2.05) is 6.92 Å². The topological polar surface area (TPSA) is 49.8 Å². The number of benzene rings is 1. The number of phenols is 1. The third kappa shape index (κ3) is 1.98. The van der Waals surface area contributed by atoms with Crippen LogP contribution < -0.4 is 9.64 Å². The van der Waals surface area contributed by atoms with Crippen LogP contribution in [0.15, 0.2) is 30.9 Å². The molecule has 1 unspecified atom stereocenters. The van der Waals surface area contributed by atoms with Crippen LogP contribution in [0.5, 0.6) is 11.5 Å². The molecule has 2 rings (SSSR count). The zero-order valence-corrected chi connectivity index (χ0v) is 9.72. The number of ether oxygens (including phenoxy) is 1. The molecule has 0 spiro atoms. The van der Waals surface area contributed by atoms with Crippen molar-refractivity contribution >= 4 is 11.6 Å². The van der Waals surface area contributed by atoms with Crippen molar-refractivity contribution in [3.05, 3.63) is 30.9 Å². The molecule has 1 amide bonds. The van der Waals surface area contributed by atoms with Gasteiger partial charge in [-0.3, -0.25) is 4.79 Å². The van der Waals surface area contributed by atoms with Crippen LogP contribution in [0.25, 0.3) is 0 Å². The lowest BCUT2D eigenvalue weighted by Crippen LogP contribution is -2.45. The standard InChI is InChI=1S/C13H15NO3/c1-3-7-14-10-6-5-9(15)8-12(10)17-11(4-2)13(14)16/h3,5-6,8,11,15H,1,4,7H2,2H3. The fourth-order valence-corrected chi connectivity index (χ4v) is 1.89. The number of nitrogens with zero attached hydrogens (tertiary/aromatic N) is 1. The Labute approximate surface area is 100 Å². The maximum Gasteiger partial charge on any atom is 0.268 e. The second-order valence-electron chi connectivity index (χ2n) is 3.90. The molecule has 0 aliphatic carbocycles. The van der Waals surface area contributed by atoms with E-state index in [2.05, 4.69) is 6.58 Å². The summed E-state index contributed by atoms with van der Waals surface area (Å²) in [5.41, 5.74) is 0.678. The van der Waals surface area contributed by atoms with Crippen LogP contribution in [0, 0.1) is 0 Å². The molecular weight excluding hydrogens is 218 g/mol. The molecule has 90 valence electrons. The summed E-state index contributed by atoms with van der Waals surface area (Å²) in [5.74, 6) is 0.607. The van der Waals surface area contributed by atoms with Crippen molar-refractivity contribution in [2.45, 2.75) is 19.4 Å². The number of rotatable bonds is 3. The summed E-state index contributed by atoms with van der Waals surface area (Å²) in [7, 11) is 0. The van der Waals surface area contributed by atoms with Crippen LogP contribution in [-0.2, 0) is 4.79 Å². The quantitative estimate of drug-likeness (QED) is 0.813. The second-order valence-corrected chi connectivity index (χ2v) is 3.90. The maximum absolute atomic E-state index is 12.1. The van der Waals surface area contributed by atoms with E-state index in [9.17, 15) is 9.90 Å². The highest BCUT2D eigenvalue weighted by molar-refractivity contribution is 6.00. The number of fused-ring (bicyclic) bond motifs is 1. The van der Waals surface area contributed by atoms with Crippen molar-refractivity contribution in [1.29, 1.82) is 0 Å². The molecule has 1 aliphatic heterocycles. The molecule has 17 heavy (non-hydrogen) atoms. The molecule has 0 bridgehead atoms. The third-order valence-electron chi connectivity index (χ3n) is 2.73. The smallest absolute Gasteiger partial charge is 0.268 e. The Hall–Kier alpha value is -1.97. The fraction of sp³-hybridized carbons (Fsp3) is 0.308. The Kier molecular flexibility index (Phi) is 3.04. The largest absolute Gasteiger partial charge is 0.508 e. The lowest BCUT2D eigenvalue weighted by atomic mass is 10.1. The van der Waals surface area contributed by atoms with Gasteiger partial charge in [-0.05, 0) is 18.6 Å². The molecule has 1 aromatic rings. The van der Waals surface area contributed by atoms with Gasteiger partial charge in [0.2, 0.25) is 0 Å². The van der Waals surface area contributed by atoms with Crippen molar-refractivity contribution < 1.29 is 14.6 Å². The summed E-state index contributed by atoms with van der Waals surface area (Å²) >= 11 is 0. The van der Waals surface area contributed by atoms with E-state index in [0.717, 1.165) is 0 Å². The first-order valence-electron chi connectivity index (χ1n) is 5.59. The van der Waals surface area contributed by atoms with E-state index in [-0.39, 0.29) is 11.7 Å². The SMILES string of the molecule is C=CCN1C(=O)C(CC)Oc2cc(O)ccc21. The van der Waals surface area contributed by atoms with Crippen molar-refractivity contribution in [3.8, 4) is 11.5 Å². The van der Waals surface area contributed by atoms with Gasteiger partial charge in [0.1, 0.15) is 11.5 Å². The van der Waals surface area contributed by atoms with Gasteiger partial charge in [0.05, 0.1) is 5.69 Å². The number of hydrogen-bond donors (Lipinski definition) is 1. The van der Waals surface area contributed by atoms with Gasteiger partial charge >= 0.3 is 0 Å². The summed E-state index contributed by atoms with van der Waals surface area (Å²) in [6.45, 7) is 5.98. The number of carbonyl (C=O) groups excluding carboxylic acids is 1. The van der Waals surface area contributed by atoms with Crippen LogP contribution in [-0.4, -0.2) is 23.7 Å². The molecule has 0 saturated heterocycles. The lowest BCUT2D eigenvalue weighted by Gasteiger charge is -2.33. The Morgan fingerprint density at radius 3 is 3.00 bits per heavy atom. The first-order valence-corrected chi connectivity index (χ1v) is 5.59. The van der Waals surface area contributed by atoms with Gasteiger partial charge in [-0.15, -0.1) is 6.58 Å². The molecule has 1 aliphatic rings. The van der Waals surface area contributed by atoms with Crippen LogP contribution >= 0.6 is 0 Å². The van der Waals surface area contributed by atoms with E-state index in [1.165, 1.54) is 12.1 Å². The van der Waals surface area contributed by atoms with Gasteiger partial charge in [-0.2, -0.15) is 0 Å². The van der Waals surface area contributed by atoms with Crippen LogP contribution in [0.4, 0.5) is 5.69 Å². The molecule has 1 heterocycles. The minimum Gasteiger partial charge on any atom is -0.508 e. The molecule has 1 aromatic carbocycles. The molecule has 1 atom stereocenters. The second kappa shape index (κ2) is 4.49. The van der Waals surface area contributed by atoms with E-state index in [4.69, 9.17) is 4.74 Å². The molecule has 0 fully saturated rings. The summed E-state index contributed by atoms with van der Waals surface area (Å²) in [5, 5.41) is 9.43. The van der Waals surface area contributed by atoms with Gasteiger partial charge in [0.25, 0.3) is 5.91 Å². The van der Waals surface area contributed by atoms with Crippen LogP contribution in [0.3, 0.4) is 0 Å². The van der Waals surface area contributed by atoms with E-state index >= 15 is 0 Å². The third-order valence-corrected chi connectivity index (χ3v) is 2.73. The fourth-order valence-electron chi connectivity index (χ4n) is 1.89. The van der Waals surface area contributed by atoms with Gasteiger partial charge < -0.3 is 14.7 Å². The van der Waals surface area contributed by atoms with Crippen LogP contribution in [0.1, 0.15) is 13.3 Å². The Morgan fingerprint density at radius 2 is 2.35 bits per heavy atom. The number of carbonyl (C=O) groups is 1. The summed E-state index contributed by atoms with van der Waals surface area (Å²) < 4.78 is 5.57. The van der Waals surface area contributed by atoms with Crippen LogP contribution in [0.2, 0.25) is 0 Å². The van der Waals surface area contributed by atoms with Gasteiger partial charge in [-0.1, -0.05) is 13.0 Å². The molecule has 0 radical (unpaired) electrons. The highest BCUT2D eigenvalue weighted by Crippen LogP contribution is 2.37. The number of anilines is 1. The Bertz CT molecular complexity index is 456. The van der Waals surface area contributed by atoms with E-state index < -0.39 is 6.10 Å². The average molecular weight is 233 g/mol. The first kappa shape index (κ1) is 11.5. The predicted molar refractivity (Wildman–Crippen MR) is 65.4 cm³/mol. The Balaban J connectivity index is 2.45. The molecule has 4 nitrogen and oxygen atoms in total. The first-order chi connectivity index (χ1) is 8.17. The highest BCUT2D eigenvalue weighted by Gasteiger charge is 2.32. The minimum absolute atomic E-state index is 0.0643. The van der Waals surface area contributed by atoms with Gasteiger partial charge in [0, 0.05) is 12.6 Å². The molecule has 0 saturated carbocycles. The minimum atomic E-state index is -0.482. The zero-order chi connectivity index (χ0) is 12.4. The summed E-state index contributed by atoms with van der Waals surface area (Å²) in [6, 6.07) is 4.75. The van der Waals surface area contributed by atoms with Gasteiger partial charge in [-0.25, -0.2) is 0 Å². The van der Waals surface area contributed by atoms with E-state index in [0.29, 0.717) is 24.4 Å². The number of hydrogen-bond acceptors (Lipinski definition) is 3. The average Bonchev–Trinajstić information content (AvgIpc) is 2.32. The van der Waals surface area contributed by atoms with Crippen molar-refractivity contribution in [2.75, 3.05) is 11.4 Å². The highest BCUT2D eigenvalue weighted by atomic mass is 16.5. The number of amides is 1. The Morgan fingerprint density at radius 1 is 1.59 bits per heavy atom. The van der Waals surface area contributed by atoms with E-state index in [1.54, 1.807) is 17.0 Å². The molecule has 1 N–H and O–H groups in total. The predicted octanol–water partition coefficient (Wildman–Crippen LogP) is 2.08. The van der Waals surface area contributed by atoms with Crippen molar-refractivity contribution in [1.82, 2.24) is 0 Å². The van der Waals surface area contributed by atoms with Gasteiger partial charge in [0.15, 0.2) is 6.10 Å². The summed E-state index contributed by atoms with van der Waals surface area (Å²) in [4.78, 5) is 13.7. The maximum atomic E-state index is 12.1. The van der Waals surface area contributed by atoms with Crippen molar-refractivity contribution in [2.24, 2.45) is 0 Å². The lowest BCUT2D eigenvalue weighted by molar-refractivity contribution is -0.126. The monoisotopic (exact) mass is 233 g/mol. The molecule has 0 aromatic heterocycles. The zero-order valence-electron chi connectivity index (χ0n) is 9.72.